The lowest BCUT2D eigenvalue weighted by molar-refractivity contribution is -0.131. The van der Waals surface area contributed by atoms with Gasteiger partial charge >= 0.3 is 0 Å². The van der Waals surface area contributed by atoms with Gasteiger partial charge in [-0.3, -0.25) is 9.59 Å². The van der Waals surface area contributed by atoms with Crippen LogP contribution in [0.25, 0.3) is 0 Å². The van der Waals surface area contributed by atoms with Crippen LogP contribution in [0.3, 0.4) is 0 Å². The van der Waals surface area contributed by atoms with Gasteiger partial charge in [0.25, 0.3) is 0 Å². The van der Waals surface area contributed by atoms with E-state index in [1.165, 1.54) is 0 Å². The molecule has 0 aromatic carbocycles. The molecule has 13 heavy (non-hydrogen) atoms. The molecule has 2 fully saturated rings. The number of ether oxygens (including phenoxy) is 1. The highest BCUT2D eigenvalue weighted by atomic mass is 16.5. The lowest BCUT2D eigenvalue weighted by Gasteiger charge is -2.22. The van der Waals surface area contributed by atoms with Crippen LogP contribution in [0.15, 0.2) is 0 Å². The topological polar surface area (TPSA) is 95.4 Å². The first-order valence-electron chi connectivity index (χ1n) is 4.35. The van der Waals surface area contributed by atoms with Crippen LogP contribution < -0.4 is 11.5 Å². The van der Waals surface area contributed by atoms with Gasteiger partial charge in [0.1, 0.15) is 0 Å². The second-order valence-electron chi connectivity index (χ2n) is 3.65. The van der Waals surface area contributed by atoms with E-state index in [2.05, 4.69) is 0 Å². The van der Waals surface area contributed by atoms with Crippen molar-refractivity contribution in [3.8, 4) is 0 Å². The summed E-state index contributed by atoms with van der Waals surface area (Å²) in [5, 5.41) is 0. The molecule has 2 amide bonds. The fourth-order valence-electron chi connectivity index (χ4n) is 2.40. The van der Waals surface area contributed by atoms with Crippen LogP contribution in [-0.2, 0) is 14.3 Å². The molecule has 5 nitrogen and oxygen atoms in total. The van der Waals surface area contributed by atoms with Crippen LogP contribution in [0.4, 0.5) is 0 Å². The van der Waals surface area contributed by atoms with Crippen molar-refractivity contribution >= 4 is 11.8 Å². The van der Waals surface area contributed by atoms with Crippen LogP contribution >= 0.6 is 0 Å². The molecule has 2 aliphatic heterocycles. The molecule has 2 saturated heterocycles. The zero-order chi connectivity index (χ0) is 9.59. The van der Waals surface area contributed by atoms with Crippen LogP contribution in [0.2, 0.25) is 0 Å². The predicted molar refractivity (Wildman–Crippen MR) is 43.3 cm³/mol. The van der Waals surface area contributed by atoms with E-state index in [1.54, 1.807) is 0 Å². The maximum absolute atomic E-state index is 11.0. The average molecular weight is 184 g/mol. The van der Waals surface area contributed by atoms with Crippen molar-refractivity contribution in [1.82, 2.24) is 0 Å². The second kappa shape index (κ2) is 2.70. The third-order valence-electron chi connectivity index (χ3n) is 2.93. The minimum Gasteiger partial charge on any atom is -0.373 e. The molecule has 2 rings (SSSR count). The number of hydrogen-bond acceptors (Lipinski definition) is 3. The Kier molecular flexibility index (Phi) is 1.76. The number of carbonyl (C=O) groups excluding carboxylic acids is 2. The van der Waals surface area contributed by atoms with Crippen molar-refractivity contribution < 1.29 is 14.3 Å². The molecule has 2 bridgehead atoms. The molecule has 72 valence electrons. The monoisotopic (exact) mass is 184 g/mol. The van der Waals surface area contributed by atoms with Gasteiger partial charge in [-0.25, -0.2) is 0 Å². The number of rotatable bonds is 2. The Labute approximate surface area is 75.4 Å². The quantitative estimate of drug-likeness (QED) is 0.561. The van der Waals surface area contributed by atoms with Gasteiger partial charge in [0.15, 0.2) is 0 Å². The van der Waals surface area contributed by atoms with E-state index in [-0.39, 0.29) is 12.2 Å². The molecule has 4 atom stereocenters. The van der Waals surface area contributed by atoms with Crippen molar-refractivity contribution in [3.05, 3.63) is 0 Å². The van der Waals surface area contributed by atoms with E-state index < -0.39 is 23.7 Å². The number of nitrogens with two attached hydrogens (primary N) is 2. The zero-order valence-electron chi connectivity index (χ0n) is 7.10. The van der Waals surface area contributed by atoms with Crippen molar-refractivity contribution in [2.75, 3.05) is 0 Å². The summed E-state index contributed by atoms with van der Waals surface area (Å²) < 4.78 is 5.42. The molecule has 0 radical (unpaired) electrons. The number of carbonyl (C=O) groups is 2. The summed E-state index contributed by atoms with van der Waals surface area (Å²) in [5.41, 5.74) is 10.4. The molecule has 2 aliphatic rings. The molecule has 4 N–H and O–H groups in total. The maximum atomic E-state index is 11.0. The van der Waals surface area contributed by atoms with Crippen molar-refractivity contribution in [2.24, 2.45) is 23.3 Å². The van der Waals surface area contributed by atoms with E-state index >= 15 is 0 Å². The molecular formula is C8H12N2O3. The summed E-state index contributed by atoms with van der Waals surface area (Å²) in [6.07, 6.45) is 1.25. The summed E-state index contributed by atoms with van der Waals surface area (Å²) >= 11 is 0. The molecule has 4 unspecified atom stereocenters. The van der Waals surface area contributed by atoms with Gasteiger partial charge in [-0.1, -0.05) is 0 Å². The molecule has 0 spiro atoms. The summed E-state index contributed by atoms with van der Waals surface area (Å²) in [6, 6.07) is 0. The van der Waals surface area contributed by atoms with Crippen molar-refractivity contribution in [1.29, 1.82) is 0 Å². The van der Waals surface area contributed by atoms with Crippen LogP contribution in [0, 0.1) is 11.8 Å². The summed E-state index contributed by atoms with van der Waals surface area (Å²) in [4.78, 5) is 22.1. The molecule has 0 saturated carbocycles. The fourth-order valence-corrected chi connectivity index (χ4v) is 2.40. The Morgan fingerprint density at radius 2 is 1.38 bits per heavy atom. The largest absolute Gasteiger partial charge is 0.373 e. The smallest absolute Gasteiger partial charge is 0.224 e. The molecule has 2 heterocycles. The Morgan fingerprint density at radius 1 is 1.00 bits per heavy atom. The van der Waals surface area contributed by atoms with Crippen molar-refractivity contribution in [2.45, 2.75) is 25.0 Å². The molecule has 0 aromatic heterocycles. The molecule has 5 heteroatoms. The van der Waals surface area contributed by atoms with E-state index in [0.29, 0.717) is 0 Å². The van der Waals surface area contributed by atoms with Crippen molar-refractivity contribution in [3.63, 3.8) is 0 Å². The standard InChI is InChI=1S/C8H12N2O3/c9-7(11)5-3-1-2-4(13-3)6(5)8(10)12/h3-6H,1-2H2,(H2,9,11)(H2,10,12). The van der Waals surface area contributed by atoms with Gasteiger partial charge in [-0.15, -0.1) is 0 Å². The first-order chi connectivity index (χ1) is 6.11. The first kappa shape index (κ1) is 8.50. The van der Waals surface area contributed by atoms with Crippen LogP contribution in [0.5, 0.6) is 0 Å². The van der Waals surface area contributed by atoms with Gasteiger partial charge < -0.3 is 16.2 Å². The van der Waals surface area contributed by atoms with E-state index in [9.17, 15) is 9.59 Å². The van der Waals surface area contributed by atoms with Gasteiger partial charge in [0.05, 0.1) is 24.0 Å². The Balaban J connectivity index is 2.24. The SMILES string of the molecule is NC(=O)C1C2CCC(O2)C1C(N)=O. The minimum atomic E-state index is -0.503. The Hall–Kier alpha value is -1.10. The first-order valence-corrected chi connectivity index (χ1v) is 4.35. The third kappa shape index (κ3) is 1.11. The third-order valence-corrected chi connectivity index (χ3v) is 2.93. The normalized spacial score (nSPS) is 42.2. The van der Waals surface area contributed by atoms with Gasteiger partial charge in [-0.05, 0) is 12.8 Å². The zero-order valence-corrected chi connectivity index (χ0v) is 7.10. The van der Waals surface area contributed by atoms with E-state index in [0.717, 1.165) is 12.8 Å². The van der Waals surface area contributed by atoms with Gasteiger partial charge in [-0.2, -0.15) is 0 Å². The predicted octanol–water partition coefficient (Wildman–Crippen LogP) is -1.25. The number of primary amides is 2. The number of fused-ring (bicyclic) bond motifs is 2. The molecule has 0 aliphatic carbocycles. The van der Waals surface area contributed by atoms with E-state index in [4.69, 9.17) is 16.2 Å². The lowest BCUT2D eigenvalue weighted by atomic mass is 9.78. The highest BCUT2D eigenvalue weighted by Gasteiger charge is 2.54. The summed E-state index contributed by atoms with van der Waals surface area (Å²) in [5.74, 6) is -1.96. The van der Waals surface area contributed by atoms with Gasteiger partial charge in [0, 0.05) is 0 Å². The highest BCUT2D eigenvalue weighted by Crippen LogP contribution is 2.42. The highest BCUT2D eigenvalue weighted by molar-refractivity contribution is 5.87. The number of hydrogen-bond donors (Lipinski definition) is 2. The van der Waals surface area contributed by atoms with E-state index in [1.807, 2.05) is 0 Å². The summed E-state index contributed by atoms with van der Waals surface area (Å²) in [7, 11) is 0. The Bertz CT molecular complexity index is 240. The second-order valence-corrected chi connectivity index (χ2v) is 3.65. The summed E-state index contributed by atoms with van der Waals surface area (Å²) in [6.45, 7) is 0. The molecular weight excluding hydrogens is 172 g/mol. The van der Waals surface area contributed by atoms with Gasteiger partial charge in [0.2, 0.25) is 11.8 Å². The fraction of sp³-hybridized carbons (Fsp3) is 0.750. The minimum absolute atomic E-state index is 0.181. The maximum Gasteiger partial charge on any atom is 0.224 e. The molecule has 0 aromatic rings. The lowest BCUT2D eigenvalue weighted by Crippen LogP contribution is -2.44. The van der Waals surface area contributed by atoms with Crippen LogP contribution in [-0.4, -0.2) is 24.0 Å². The number of amides is 2. The van der Waals surface area contributed by atoms with Crippen LogP contribution in [0.1, 0.15) is 12.8 Å². The average Bonchev–Trinajstić information content (AvgIpc) is 2.60. The Morgan fingerprint density at radius 3 is 1.69 bits per heavy atom.